The second kappa shape index (κ2) is 10.4. The summed E-state index contributed by atoms with van der Waals surface area (Å²) in [5, 5.41) is 18.4. The third kappa shape index (κ3) is 6.02. The van der Waals surface area contributed by atoms with Crippen LogP contribution in [0, 0.1) is 11.6 Å². The van der Waals surface area contributed by atoms with E-state index in [2.05, 4.69) is 20.0 Å². The summed E-state index contributed by atoms with van der Waals surface area (Å²) >= 11 is 0. The van der Waals surface area contributed by atoms with Crippen molar-refractivity contribution < 1.29 is 22.3 Å². The van der Waals surface area contributed by atoms with Gasteiger partial charge in [-0.05, 0) is 75.2 Å². The first-order valence-corrected chi connectivity index (χ1v) is 14.3. The van der Waals surface area contributed by atoms with E-state index >= 15 is 0 Å². The first-order chi connectivity index (χ1) is 18.9. The highest BCUT2D eigenvalue weighted by atomic mass is 32.2. The summed E-state index contributed by atoms with van der Waals surface area (Å²) in [6.45, 7) is 5.51. The zero-order valence-electron chi connectivity index (χ0n) is 22.1. The van der Waals surface area contributed by atoms with Gasteiger partial charge in [-0.15, -0.1) is 5.10 Å². The predicted molar refractivity (Wildman–Crippen MR) is 149 cm³/mol. The first-order valence-electron chi connectivity index (χ1n) is 12.6. The van der Waals surface area contributed by atoms with Crippen LogP contribution < -0.4 is 4.72 Å². The molecular weight excluding hydrogens is 538 g/mol. The minimum absolute atomic E-state index is 0.125. The lowest BCUT2D eigenvalue weighted by molar-refractivity contribution is 0.0649. The Morgan fingerprint density at radius 2 is 1.82 bits per heavy atom. The van der Waals surface area contributed by atoms with Crippen molar-refractivity contribution in [1.29, 1.82) is 0 Å². The fourth-order valence-corrected chi connectivity index (χ4v) is 4.87. The number of hydrogen-bond acceptors (Lipinski definition) is 6. The lowest BCUT2D eigenvalue weighted by atomic mass is 10.0. The number of rotatable bonds is 9. The predicted octanol–water partition coefficient (Wildman–Crippen LogP) is 5.15. The number of hydrogen-bond donors (Lipinski definition) is 2. The smallest absolute Gasteiger partial charge is 0.232 e. The topological polar surface area (TPSA) is 115 Å². The summed E-state index contributed by atoms with van der Waals surface area (Å²) in [6, 6.07) is 13.7. The van der Waals surface area contributed by atoms with Gasteiger partial charge in [0.15, 0.2) is 0 Å². The summed E-state index contributed by atoms with van der Waals surface area (Å²) in [4.78, 5) is 4.52. The molecule has 0 atom stereocenters. The number of nitrogens with zero attached hydrogens (tertiary/aromatic N) is 5. The molecule has 0 fully saturated rings. The lowest BCUT2D eigenvalue weighted by Gasteiger charge is -2.15. The molecule has 0 amide bonds. The van der Waals surface area contributed by atoms with Crippen molar-refractivity contribution in [3.8, 4) is 28.1 Å². The van der Waals surface area contributed by atoms with Gasteiger partial charge in [-0.3, -0.25) is 14.0 Å². The molecule has 0 unspecified atom stereocenters. The van der Waals surface area contributed by atoms with Gasteiger partial charge in [-0.2, -0.15) is 0 Å². The molecule has 40 heavy (non-hydrogen) atoms. The number of aliphatic hydroxyl groups is 1. The fourth-order valence-electron chi connectivity index (χ4n) is 4.25. The highest BCUT2D eigenvalue weighted by molar-refractivity contribution is 7.92. The van der Waals surface area contributed by atoms with Crippen LogP contribution in [0.4, 0.5) is 14.5 Å². The molecular formula is C28H28F2N6O3S. The van der Waals surface area contributed by atoms with Crippen LogP contribution in [-0.2, 0) is 16.6 Å². The van der Waals surface area contributed by atoms with Crippen molar-refractivity contribution in [3.63, 3.8) is 0 Å². The molecule has 5 rings (SSSR count). The van der Waals surface area contributed by atoms with Crippen LogP contribution in [0.15, 0.2) is 67.1 Å². The average molecular weight is 567 g/mol. The van der Waals surface area contributed by atoms with Gasteiger partial charge in [-0.1, -0.05) is 11.3 Å². The second-order valence-corrected chi connectivity index (χ2v) is 12.2. The summed E-state index contributed by atoms with van der Waals surface area (Å²) in [5.74, 6) is -1.62. The van der Waals surface area contributed by atoms with Crippen LogP contribution >= 0.6 is 0 Å². The highest BCUT2D eigenvalue weighted by Gasteiger charge is 2.16. The minimum atomic E-state index is -3.62. The third-order valence-corrected chi connectivity index (χ3v) is 7.73. The van der Waals surface area contributed by atoms with Crippen molar-refractivity contribution >= 4 is 26.7 Å². The van der Waals surface area contributed by atoms with E-state index in [4.69, 9.17) is 0 Å². The summed E-state index contributed by atoms with van der Waals surface area (Å²) in [5.41, 5.74) is 3.26. The molecule has 0 saturated carbocycles. The standard InChI is InChI=1S/C28H28F2N6O3S/c1-4-40(38,39)33-21-11-19(23-7-6-20(29)14-24(23)30)12-22(15-21)36-17-31-25-13-18(5-8-27(25)36)26-16-35(34-32-26)10-9-28(2,3)37/h5-8,11-17,33,37H,4,9-10H2,1-3H3. The quantitative estimate of drug-likeness (QED) is 0.255. The normalized spacial score (nSPS) is 12.2. The van der Waals surface area contributed by atoms with Gasteiger partial charge in [0.25, 0.3) is 0 Å². The maximum absolute atomic E-state index is 14.7. The van der Waals surface area contributed by atoms with Crippen molar-refractivity contribution in [1.82, 2.24) is 24.5 Å². The molecule has 0 saturated heterocycles. The molecule has 208 valence electrons. The molecule has 2 N–H and O–H groups in total. The molecule has 0 spiro atoms. The van der Waals surface area contributed by atoms with Crippen molar-refractivity contribution in [2.45, 2.75) is 39.3 Å². The van der Waals surface area contributed by atoms with Gasteiger partial charge in [0.1, 0.15) is 23.7 Å². The van der Waals surface area contributed by atoms with E-state index in [0.717, 1.165) is 23.2 Å². The zero-order chi connectivity index (χ0) is 28.7. The molecule has 12 heteroatoms. The summed E-state index contributed by atoms with van der Waals surface area (Å²) in [7, 11) is -3.62. The molecule has 9 nitrogen and oxygen atoms in total. The Labute approximate surface area is 230 Å². The molecule has 0 aliphatic rings. The SMILES string of the molecule is CCS(=O)(=O)Nc1cc(-c2ccc(F)cc2F)cc(-n2cnc3cc(-c4cn(CCC(C)(C)O)nn4)ccc32)c1. The van der Waals surface area contributed by atoms with Crippen LogP contribution in [0.25, 0.3) is 39.1 Å². The van der Waals surface area contributed by atoms with E-state index in [9.17, 15) is 22.3 Å². The van der Waals surface area contributed by atoms with E-state index in [1.807, 2.05) is 18.2 Å². The summed E-state index contributed by atoms with van der Waals surface area (Å²) in [6.07, 6.45) is 3.92. The van der Waals surface area contributed by atoms with E-state index in [-0.39, 0.29) is 17.0 Å². The Kier molecular flexibility index (Phi) is 7.15. The summed E-state index contributed by atoms with van der Waals surface area (Å²) < 4.78 is 58.9. The van der Waals surface area contributed by atoms with Gasteiger partial charge in [0.05, 0.1) is 34.3 Å². The average Bonchev–Trinajstić information content (AvgIpc) is 3.53. The van der Waals surface area contributed by atoms with Crippen molar-refractivity contribution in [2.75, 3.05) is 10.5 Å². The second-order valence-electron chi connectivity index (χ2n) is 10.1. The van der Waals surface area contributed by atoms with Crippen molar-refractivity contribution in [3.05, 3.63) is 78.8 Å². The van der Waals surface area contributed by atoms with Crippen molar-refractivity contribution in [2.24, 2.45) is 0 Å². The number of aryl methyl sites for hydroxylation is 1. The van der Waals surface area contributed by atoms with E-state index in [0.29, 0.717) is 35.4 Å². The van der Waals surface area contributed by atoms with Crippen LogP contribution in [0.3, 0.4) is 0 Å². The fraction of sp³-hybridized carbons (Fsp3) is 0.250. The molecule has 0 aliphatic heterocycles. The van der Waals surface area contributed by atoms with Gasteiger partial charge in [0.2, 0.25) is 10.0 Å². The Bertz CT molecular complexity index is 1810. The van der Waals surface area contributed by atoms with Gasteiger partial charge in [0, 0.05) is 29.4 Å². The molecule has 0 bridgehead atoms. The maximum atomic E-state index is 14.7. The van der Waals surface area contributed by atoms with Crippen LogP contribution in [-0.4, -0.2) is 49.4 Å². The van der Waals surface area contributed by atoms with Crippen LogP contribution in [0.2, 0.25) is 0 Å². The van der Waals surface area contributed by atoms with Gasteiger partial charge in [-0.25, -0.2) is 22.2 Å². The molecule has 2 aromatic heterocycles. The van der Waals surface area contributed by atoms with Gasteiger partial charge < -0.3 is 5.11 Å². The zero-order valence-corrected chi connectivity index (χ0v) is 23.0. The van der Waals surface area contributed by atoms with E-state index in [1.54, 1.807) is 47.8 Å². The Hall–Kier alpha value is -4.16. The minimum Gasteiger partial charge on any atom is -0.390 e. The molecule has 5 aromatic rings. The number of aromatic nitrogens is 5. The Balaban J connectivity index is 1.54. The highest BCUT2D eigenvalue weighted by Crippen LogP contribution is 2.32. The molecule has 2 heterocycles. The van der Waals surface area contributed by atoms with Crippen LogP contribution in [0.1, 0.15) is 27.2 Å². The molecule has 3 aromatic carbocycles. The Morgan fingerprint density at radius 3 is 2.55 bits per heavy atom. The van der Waals surface area contributed by atoms with E-state index in [1.165, 1.54) is 19.1 Å². The molecule has 0 aliphatic carbocycles. The molecule has 0 radical (unpaired) electrons. The monoisotopic (exact) mass is 566 g/mol. The third-order valence-electron chi connectivity index (χ3n) is 6.43. The maximum Gasteiger partial charge on any atom is 0.232 e. The van der Waals surface area contributed by atoms with Gasteiger partial charge >= 0.3 is 0 Å². The number of fused-ring (bicyclic) bond motifs is 1. The number of benzene rings is 3. The first kappa shape index (κ1) is 27.4. The Morgan fingerprint density at radius 1 is 1.02 bits per heavy atom. The lowest BCUT2D eigenvalue weighted by Crippen LogP contribution is -2.21. The number of nitrogens with one attached hydrogen (secondary N) is 1. The van der Waals surface area contributed by atoms with Crippen LogP contribution in [0.5, 0.6) is 0 Å². The number of halogens is 2. The number of sulfonamides is 1. The largest absolute Gasteiger partial charge is 0.390 e. The van der Waals surface area contributed by atoms with E-state index < -0.39 is 27.3 Å². The number of anilines is 1. The number of imidazole rings is 1.